The number of ketones is 1. The van der Waals surface area contributed by atoms with Crippen molar-refractivity contribution >= 4 is 59.0 Å². The van der Waals surface area contributed by atoms with E-state index in [-0.39, 0.29) is 49.3 Å². The number of aliphatic hydroxyl groups excluding tert-OH is 1. The molecular weight excluding hydrogens is 698 g/mol. The molecule has 6 aromatic rings. The molecule has 6 heteroatoms. The minimum Gasteiger partial charge on any atom is -0.512 e. The van der Waals surface area contributed by atoms with Crippen LogP contribution >= 0.6 is 11.3 Å². The van der Waals surface area contributed by atoms with Crippen molar-refractivity contribution in [3.63, 3.8) is 0 Å². The quantitative estimate of drug-likeness (QED) is 0.112. The van der Waals surface area contributed by atoms with Crippen molar-refractivity contribution in [1.29, 1.82) is 0 Å². The van der Waals surface area contributed by atoms with Gasteiger partial charge >= 0.3 is 0 Å². The molecule has 2 heterocycles. The number of hydrogen-bond donors (Lipinski definition) is 1. The van der Waals surface area contributed by atoms with Gasteiger partial charge in [0.1, 0.15) is 5.82 Å². The van der Waals surface area contributed by atoms with E-state index in [1.165, 1.54) is 39.1 Å². The number of thiophene rings is 1. The van der Waals surface area contributed by atoms with Crippen molar-refractivity contribution in [2.24, 2.45) is 11.8 Å². The average Bonchev–Trinajstić information content (AvgIpc) is 3.33. The van der Waals surface area contributed by atoms with Crippen LogP contribution in [0.5, 0.6) is 0 Å². The molecule has 1 N–H and O–H groups in total. The van der Waals surface area contributed by atoms with E-state index in [9.17, 15) is 14.3 Å². The molecule has 0 unspecified atom stereocenters. The normalized spacial score (nSPS) is 11.7. The number of aromatic nitrogens is 1. The SMILES string of the molecule is CC(C)C(=O)/C=C(\O)C(C)C.Fc1ccc2c(c1)nc(-c1[c-]cccc1)c1sc3c4ccccc4ccc3c12.[Ir]. The van der Waals surface area contributed by atoms with Crippen LogP contribution in [0.2, 0.25) is 0 Å². The summed E-state index contributed by atoms with van der Waals surface area (Å²) in [6.07, 6.45) is 1.31. The van der Waals surface area contributed by atoms with Crippen molar-refractivity contribution < 1.29 is 34.4 Å². The molecule has 6 rings (SSSR count). The molecule has 0 saturated heterocycles. The van der Waals surface area contributed by atoms with Crippen molar-refractivity contribution in [2.75, 3.05) is 0 Å². The topological polar surface area (TPSA) is 50.2 Å². The number of carbonyl (C=O) groups is 1. The van der Waals surface area contributed by atoms with Crippen LogP contribution < -0.4 is 0 Å². The van der Waals surface area contributed by atoms with E-state index in [1.54, 1.807) is 11.3 Å². The van der Waals surface area contributed by atoms with Gasteiger partial charge in [-0.25, -0.2) is 4.39 Å². The van der Waals surface area contributed by atoms with Gasteiger partial charge in [0.25, 0.3) is 0 Å². The fourth-order valence-electron chi connectivity index (χ4n) is 4.44. The average molecular weight is 727 g/mol. The molecular formula is C34H29FIrNO2S-. The summed E-state index contributed by atoms with van der Waals surface area (Å²) in [4.78, 5) is 15.9. The molecule has 205 valence electrons. The first kappa shape index (κ1) is 29.5. The van der Waals surface area contributed by atoms with Crippen LogP contribution in [-0.2, 0) is 24.9 Å². The zero-order valence-corrected chi connectivity index (χ0v) is 25.9. The van der Waals surface area contributed by atoms with E-state index in [0.29, 0.717) is 5.52 Å². The summed E-state index contributed by atoms with van der Waals surface area (Å²) in [5.74, 6) is -0.110. The van der Waals surface area contributed by atoms with Crippen LogP contribution in [0.15, 0.2) is 90.7 Å². The smallest absolute Gasteiger partial charge is 0.161 e. The van der Waals surface area contributed by atoms with Crippen LogP contribution in [0.1, 0.15) is 27.7 Å². The first-order chi connectivity index (χ1) is 18.7. The van der Waals surface area contributed by atoms with Gasteiger partial charge in [0.2, 0.25) is 0 Å². The third-order valence-electron chi connectivity index (χ3n) is 6.67. The monoisotopic (exact) mass is 727 g/mol. The number of carbonyl (C=O) groups excluding carboxylic acids is 1. The summed E-state index contributed by atoms with van der Waals surface area (Å²) >= 11 is 1.76. The summed E-state index contributed by atoms with van der Waals surface area (Å²) in [6, 6.07) is 28.8. The van der Waals surface area contributed by atoms with Crippen LogP contribution in [0.25, 0.3) is 53.1 Å². The van der Waals surface area contributed by atoms with Gasteiger partial charge in [-0.2, -0.15) is 0 Å². The number of nitrogens with zero attached hydrogens (tertiary/aromatic N) is 1. The van der Waals surface area contributed by atoms with Crippen molar-refractivity contribution in [3.8, 4) is 11.3 Å². The number of aliphatic hydroxyl groups is 1. The zero-order valence-electron chi connectivity index (χ0n) is 22.7. The predicted octanol–water partition coefficient (Wildman–Crippen LogP) is 9.67. The first-order valence-electron chi connectivity index (χ1n) is 13.0. The molecule has 40 heavy (non-hydrogen) atoms. The van der Waals surface area contributed by atoms with Gasteiger partial charge in [-0.3, -0.25) is 9.78 Å². The van der Waals surface area contributed by atoms with Crippen LogP contribution in [0.3, 0.4) is 0 Å². The summed E-state index contributed by atoms with van der Waals surface area (Å²) in [7, 11) is 0. The van der Waals surface area contributed by atoms with Gasteiger partial charge in [0.05, 0.1) is 11.3 Å². The second kappa shape index (κ2) is 12.4. The second-order valence-electron chi connectivity index (χ2n) is 10.1. The van der Waals surface area contributed by atoms with Gasteiger partial charge < -0.3 is 5.11 Å². The minimum atomic E-state index is -0.271. The number of hydrogen-bond acceptors (Lipinski definition) is 4. The van der Waals surface area contributed by atoms with Gasteiger partial charge in [0, 0.05) is 69.3 Å². The summed E-state index contributed by atoms with van der Waals surface area (Å²) in [5.41, 5.74) is 2.46. The minimum absolute atomic E-state index is 0. The Balaban J connectivity index is 0.000000266. The standard InChI is InChI=1S/C25H13FNS.C9H16O2.Ir/c26-17-11-13-19-21(14-17)27-23(16-7-2-1-3-8-16)25-22(19)20-12-10-15-6-4-5-9-18(15)24(20)28-25;1-6(2)8(10)5-9(11)7(3)4;/h1-7,9-14H;5-7,10H,1-4H3;/q-1;;/b;8-5-;. The van der Waals surface area contributed by atoms with Gasteiger partial charge in [-0.05, 0) is 29.0 Å². The second-order valence-corrected chi connectivity index (χ2v) is 11.2. The molecule has 1 radical (unpaired) electrons. The molecule has 0 bridgehead atoms. The third-order valence-corrected chi connectivity index (χ3v) is 7.92. The fraction of sp³-hybridized carbons (Fsp3) is 0.176. The van der Waals surface area contributed by atoms with Gasteiger partial charge in [-0.15, -0.1) is 47.2 Å². The Morgan fingerprint density at radius 3 is 2.33 bits per heavy atom. The Kier molecular flexibility index (Phi) is 9.15. The predicted molar refractivity (Wildman–Crippen MR) is 162 cm³/mol. The van der Waals surface area contributed by atoms with Gasteiger partial charge in [-0.1, -0.05) is 64.1 Å². The number of benzene rings is 4. The van der Waals surface area contributed by atoms with E-state index in [1.807, 2.05) is 58.0 Å². The molecule has 0 atom stereocenters. The van der Waals surface area contributed by atoms with E-state index in [4.69, 9.17) is 4.98 Å². The molecule has 3 nitrogen and oxygen atoms in total. The molecule has 0 spiro atoms. The fourth-order valence-corrected chi connectivity index (χ4v) is 5.80. The zero-order chi connectivity index (χ0) is 27.7. The Labute approximate surface area is 250 Å². The van der Waals surface area contributed by atoms with Crippen LogP contribution in [0.4, 0.5) is 4.39 Å². The molecule has 2 aromatic heterocycles. The van der Waals surface area contributed by atoms with Crippen LogP contribution in [-0.4, -0.2) is 15.9 Å². The van der Waals surface area contributed by atoms with E-state index in [0.717, 1.165) is 26.7 Å². The Bertz CT molecular complexity index is 1860. The molecule has 0 fully saturated rings. The Hall–Kier alpha value is -3.44. The molecule has 0 saturated carbocycles. The number of fused-ring (bicyclic) bond motifs is 7. The first-order valence-corrected chi connectivity index (χ1v) is 13.8. The maximum absolute atomic E-state index is 14.0. The summed E-state index contributed by atoms with van der Waals surface area (Å²) in [5, 5.41) is 15.0. The summed E-state index contributed by atoms with van der Waals surface area (Å²) in [6.45, 7) is 7.32. The van der Waals surface area contributed by atoms with Gasteiger partial charge in [0.15, 0.2) is 5.78 Å². The number of pyridine rings is 1. The van der Waals surface area contributed by atoms with Crippen molar-refractivity contribution in [1.82, 2.24) is 4.98 Å². The maximum atomic E-state index is 14.0. The number of rotatable bonds is 4. The van der Waals surface area contributed by atoms with E-state index >= 15 is 0 Å². The molecule has 0 aliphatic heterocycles. The third kappa shape index (κ3) is 5.85. The number of allylic oxidation sites excluding steroid dienone is 2. The largest absolute Gasteiger partial charge is 0.512 e. The molecule has 0 amide bonds. The molecule has 4 aromatic carbocycles. The molecule has 0 aliphatic rings. The Morgan fingerprint density at radius 2 is 1.62 bits per heavy atom. The van der Waals surface area contributed by atoms with Crippen LogP contribution in [0, 0.1) is 23.7 Å². The Morgan fingerprint density at radius 1 is 0.900 bits per heavy atom. The maximum Gasteiger partial charge on any atom is 0.161 e. The van der Waals surface area contributed by atoms with Crippen molar-refractivity contribution in [2.45, 2.75) is 27.7 Å². The summed E-state index contributed by atoms with van der Waals surface area (Å²) < 4.78 is 16.3. The van der Waals surface area contributed by atoms with Crippen molar-refractivity contribution in [3.05, 3.63) is 103 Å². The van der Waals surface area contributed by atoms with E-state index in [2.05, 4.69) is 42.5 Å². The number of halogens is 1. The molecule has 0 aliphatic carbocycles. The van der Waals surface area contributed by atoms with E-state index < -0.39 is 0 Å².